The molecular weight excluding hydrogens is 217 g/mol. The number of benzene rings is 2. The van der Waals surface area contributed by atoms with Crippen LogP contribution in [0, 0.1) is 17.5 Å². The van der Waals surface area contributed by atoms with E-state index < -0.39 is 23.2 Å². The summed E-state index contributed by atoms with van der Waals surface area (Å²) in [5.41, 5.74) is 0.342. The highest BCUT2D eigenvalue weighted by Crippen LogP contribution is 2.32. The van der Waals surface area contributed by atoms with E-state index >= 15 is 0 Å². The Balaban J connectivity index is 2.59. The molecule has 2 rings (SSSR count). The molecule has 0 atom stereocenters. The third kappa shape index (κ3) is 1.86. The van der Waals surface area contributed by atoms with Crippen LogP contribution in [0.5, 0.6) is 5.75 Å². The molecule has 0 saturated carbocycles. The molecule has 0 aliphatic carbocycles. The summed E-state index contributed by atoms with van der Waals surface area (Å²) in [5.74, 6) is -2.94. The minimum atomic E-state index is -1.04. The summed E-state index contributed by atoms with van der Waals surface area (Å²) < 4.78 is 38.6. The molecule has 2 aromatic rings. The largest absolute Gasteiger partial charge is 0.504 e. The fourth-order valence-corrected chi connectivity index (χ4v) is 1.42. The molecule has 4 heteroatoms. The van der Waals surface area contributed by atoms with Crippen molar-refractivity contribution in [2.24, 2.45) is 0 Å². The molecule has 82 valence electrons. The van der Waals surface area contributed by atoms with E-state index in [-0.39, 0.29) is 5.56 Å². The van der Waals surface area contributed by atoms with Crippen LogP contribution in [0.2, 0.25) is 0 Å². The quantitative estimate of drug-likeness (QED) is 0.786. The van der Waals surface area contributed by atoms with Crippen LogP contribution >= 0.6 is 0 Å². The Hall–Kier alpha value is -1.97. The average molecular weight is 224 g/mol. The van der Waals surface area contributed by atoms with Crippen molar-refractivity contribution in [1.82, 2.24) is 0 Å². The maximum absolute atomic E-state index is 13.0. The topological polar surface area (TPSA) is 20.2 Å². The lowest BCUT2D eigenvalue weighted by Crippen LogP contribution is -1.87. The number of halogens is 3. The predicted octanol–water partition coefficient (Wildman–Crippen LogP) is 3.48. The molecule has 0 aliphatic heterocycles. The van der Waals surface area contributed by atoms with Crippen LogP contribution in [0.4, 0.5) is 13.2 Å². The molecule has 0 unspecified atom stereocenters. The molecule has 0 bridgehead atoms. The number of rotatable bonds is 1. The van der Waals surface area contributed by atoms with Crippen LogP contribution in [0.1, 0.15) is 0 Å². The van der Waals surface area contributed by atoms with E-state index in [4.69, 9.17) is 0 Å². The standard InChI is InChI=1S/C12H7F3O/c13-8-3-1-7(2-4-8)10-5-9(14)6-11(15)12(10)16/h1-6,16H. The summed E-state index contributed by atoms with van der Waals surface area (Å²) >= 11 is 0. The van der Waals surface area contributed by atoms with Crippen molar-refractivity contribution in [1.29, 1.82) is 0 Å². The summed E-state index contributed by atoms with van der Waals surface area (Å²) in [5, 5.41) is 9.41. The highest BCUT2D eigenvalue weighted by atomic mass is 19.1. The molecule has 1 nitrogen and oxygen atoms in total. The van der Waals surface area contributed by atoms with Gasteiger partial charge < -0.3 is 5.11 Å². The molecule has 0 aromatic heterocycles. The zero-order valence-corrected chi connectivity index (χ0v) is 8.05. The second kappa shape index (κ2) is 3.89. The van der Waals surface area contributed by atoms with Crippen LogP contribution in [0.3, 0.4) is 0 Å². The highest BCUT2D eigenvalue weighted by Gasteiger charge is 2.11. The van der Waals surface area contributed by atoms with Gasteiger partial charge in [-0.2, -0.15) is 0 Å². The maximum Gasteiger partial charge on any atom is 0.168 e. The SMILES string of the molecule is Oc1c(F)cc(F)cc1-c1ccc(F)cc1. The van der Waals surface area contributed by atoms with Crippen molar-refractivity contribution in [3.63, 3.8) is 0 Å². The van der Waals surface area contributed by atoms with Crippen molar-refractivity contribution in [2.75, 3.05) is 0 Å². The fourth-order valence-electron chi connectivity index (χ4n) is 1.42. The molecule has 0 saturated heterocycles. The molecule has 0 heterocycles. The van der Waals surface area contributed by atoms with Gasteiger partial charge in [-0.3, -0.25) is 0 Å². The normalized spacial score (nSPS) is 10.4. The Kier molecular flexibility index (Phi) is 2.56. The van der Waals surface area contributed by atoms with Crippen LogP contribution in [-0.2, 0) is 0 Å². The summed E-state index contributed by atoms with van der Waals surface area (Å²) in [6, 6.07) is 6.55. The number of aromatic hydroxyl groups is 1. The van der Waals surface area contributed by atoms with Gasteiger partial charge in [-0.15, -0.1) is 0 Å². The lowest BCUT2D eigenvalue weighted by Gasteiger charge is -2.05. The van der Waals surface area contributed by atoms with Crippen LogP contribution in [0.25, 0.3) is 11.1 Å². The number of hydrogen-bond acceptors (Lipinski definition) is 1. The molecule has 0 aliphatic rings. The third-order valence-corrected chi connectivity index (χ3v) is 2.18. The van der Waals surface area contributed by atoms with Crippen LogP contribution in [-0.4, -0.2) is 5.11 Å². The first-order chi connectivity index (χ1) is 7.58. The first-order valence-electron chi connectivity index (χ1n) is 4.52. The summed E-state index contributed by atoms with van der Waals surface area (Å²) in [6.07, 6.45) is 0. The second-order valence-electron chi connectivity index (χ2n) is 3.29. The van der Waals surface area contributed by atoms with Crippen LogP contribution in [0.15, 0.2) is 36.4 Å². The van der Waals surface area contributed by atoms with Crippen molar-refractivity contribution < 1.29 is 18.3 Å². The van der Waals surface area contributed by atoms with E-state index in [1.54, 1.807) is 0 Å². The first kappa shape index (κ1) is 10.5. The average Bonchev–Trinajstić information content (AvgIpc) is 2.25. The Bertz CT molecular complexity index is 521. The molecular formula is C12H7F3O. The smallest absolute Gasteiger partial charge is 0.168 e. The van der Waals surface area contributed by atoms with Gasteiger partial charge in [0.2, 0.25) is 0 Å². The van der Waals surface area contributed by atoms with Gasteiger partial charge in [0.25, 0.3) is 0 Å². The van der Waals surface area contributed by atoms with Crippen molar-refractivity contribution >= 4 is 0 Å². The number of phenols is 1. The van der Waals surface area contributed by atoms with Gasteiger partial charge in [-0.25, -0.2) is 13.2 Å². The summed E-state index contributed by atoms with van der Waals surface area (Å²) in [6.45, 7) is 0. The van der Waals surface area contributed by atoms with E-state index in [2.05, 4.69) is 0 Å². The Morgan fingerprint density at radius 2 is 1.44 bits per heavy atom. The Labute approximate surface area is 89.8 Å². The molecule has 2 aromatic carbocycles. The van der Waals surface area contributed by atoms with Crippen LogP contribution < -0.4 is 0 Å². The summed E-state index contributed by atoms with van der Waals surface area (Å²) in [7, 11) is 0. The fraction of sp³-hybridized carbons (Fsp3) is 0. The number of phenolic OH excluding ortho intramolecular Hbond substituents is 1. The Morgan fingerprint density at radius 1 is 0.812 bits per heavy atom. The van der Waals surface area contributed by atoms with Gasteiger partial charge in [-0.05, 0) is 23.8 Å². The molecule has 16 heavy (non-hydrogen) atoms. The molecule has 0 fully saturated rings. The minimum absolute atomic E-state index is 0.00231. The van der Waals surface area contributed by atoms with Crippen molar-refractivity contribution in [2.45, 2.75) is 0 Å². The maximum atomic E-state index is 13.0. The minimum Gasteiger partial charge on any atom is -0.504 e. The third-order valence-electron chi connectivity index (χ3n) is 2.18. The molecule has 0 spiro atoms. The van der Waals surface area contributed by atoms with Gasteiger partial charge in [0.15, 0.2) is 11.6 Å². The van der Waals surface area contributed by atoms with E-state index in [1.165, 1.54) is 12.1 Å². The van der Waals surface area contributed by atoms with Gasteiger partial charge in [0.1, 0.15) is 11.6 Å². The zero-order chi connectivity index (χ0) is 11.7. The van der Waals surface area contributed by atoms with E-state index in [1.807, 2.05) is 0 Å². The lowest BCUT2D eigenvalue weighted by atomic mass is 10.0. The van der Waals surface area contributed by atoms with Gasteiger partial charge in [0.05, 0.1) is 0 Å². The summed E-state index contributed by atoms with van der Waals surface area (Å²) in [4.78, 5) is 0. The monoisotopic (exact) mass is 224 g/mol. The lowest BCUT2D eigenvalue weighted by molar-refractivity contribution is 0.430. The predicted molar refractivity (Wildman–Crippen MR) is 53.4 cm³/mol. The molecule has 0 amide bonds. The van der Waals surface area contributed by atoms with Gasteiger partial charge in [-0.1, -0.05) is 12.1 Å². The van der Waals surface area contributed by atoms with Crippen molar-refractivity contribution in [3.05, 3.63) is 53.8 Å². The van der Waals surface area contributed by atoms with E-state index in [0.717, 1.165) is 18.2 Å². The Morgan fingerprint density at radius 3 is 2.06 bits per heavy atom. The number of hydrogen-bond donors (Lipinski definition) is 1. The van der Waals surface area contributed by atoms with E-state index in [9.17, 15) is 18.3 Å². The van der Waals surface area contributed by atoms with Crippen molar-refractivity contribution in [3.8, 4) is 16.9 Å². The molecule has 0 radical (unpaired) electrons. The zero-order valence-electron chi connectivity index (χ0n) is 8.05. The van der Waals surface area contributed by atoms with E-state index in [0.29, 0.717) is 11.6 Å². The molecule has 1 N–H and O–H groups in total. The highest BCUT2D eigenvalue weighted by molar-refractivity contribution is 5.70. The van der Waals surface area contributed by atoms with Gasteiger partial charge in [0, 0.05) is 11.6 Å². The van der Waals surface area contributed by atoms with Gasteiger partial charge >= 0.3 is 0 Å². The second-order valence-corrected chi connectivity index (χ2v) is 3.29. The first-order valence-corrected chi connectivity index (χ1v) is 4.52.